The number of nitrogens with zero attached hydrogens (tertiary/aromatic N) is 1. The van der Waals surface area contributed by atoms with Crippen LogP contribution in [-0.4, -0.2) is 31.5 Å². The van der Waals surface area contributed by atoms with Crippen molar-refractivity contribution in [1.82, 2.24) is 0 Å². The highest BCUT2D eigenvalue weighted by Gasteiger charge is 2.44. The van der Waals surface area contributed by atoms with E-state index in [0.717, 1.165) is 16.8 Å². The molecule has 3 rings (SSSR count). The molecule has 150 valence electrons. The third kappa shape index (κ3) is 4.53. The summed E-state index contributed by atoms with van der Waals surface area (Å²) in [6, 6.07) is 9.46. The van der Waals surface area contributed by atoms with Crippen molar-refractivity contribution in [2.24, 2.45) is 5.14 Å². The first-order valence-electron chi connectivity index (χ1n) is 8.58. The highest BCUT2D eigenvalue weighted by molar-refractivity contribution is 7.97. The van der Waals surface area contributed by atoms with E-state index in [4.69, 9.17) is 9.88 Å². The molecule has 28 heavy (non-hydrogen) atoms. The number of ether oxygens (including phenoxy) is 1. The lowest BCUT2D eigenvalue weighted by Crippen LogP contribution is -2.53. The number of rotatable bonds is 5. The van der Waals surface area contributed by atoms with Crippen LogP contribution < -0.4 is 20.1 Å². The van der Waals surface area contributed by atoms with Gasteiger partial charge in [0, 0.05) is 36.0 Å². The van der Waals surface area contributed by atoms with Gasteiger partial charge in [-0.15, -0.1) is 0 Å². The average Bonchev–Trinajstić information content (AvgIpc) is 2.67. The van der Waals surface area contributed by atoms with Crippen LogP contribution in [-0.2, 0) is 4.79 Å². The molecule has 5 nitrogen and oxygen atoms in total. The Morgan fingerprint density at radius 1 is 1.32 bits per heavy atom. The Kier molecular flexibility index (Phi) is 6.04. The van der Waals surface area contributed by atoms with Gasteiger partial charge in [0.05, 0.1) is 12.8 Å². The van der Waals surface area contributed by atoms with Crippen LogP contribution in [0.15, 0.2) is 47.4 Å². The summed E-state index contributed by atoms with van der Waals surface area (Å²) >= 11 is 1.02. The summed E-state index contributed by atoms with van der Waals surface area (Å²) in [5.41, 5.74) is 0.853. The van der Waals surface area contributed by atoms with E-state index in [0.29, 0.717) is 11.4 Å². The second kappa shape index (κ2) is 8.32. The number of hydrogen-bond acceptors (Lipinski definition) is 5. The number of carbonyl (C=O) groups is 1. The SMILES string of the molecule is COc1cc(F)ccc1N1CCC(F)(F)CC1C(=O)Nc1cccc(SN)c1. The fraction of sp³-hybridized carbons (Fsp3) is 0.316. The normalized spacial score (nSPS) is 18.6. The number of hydrogen-bond donors (Lipinski definition) is 2. The predicted octanol–water partition coefficient (Wildman–Crippen LogP) is 4.04. The van der Waals surface area contributed by atoms with Gasteiger partial charge in [0.1, 0.15) is 17.6 Å². The molecule has 3 N–H and O–H groups in total. The lowest BCUT2D eigenvalue weighted by molar-refractivity contribution is -0.121. The van der Waals surface area contributed by atoms with Crippen molar-refractivity contribution in [2.45, 2.75) is 29.7 Å². The molecule has 0 bridgehead atoms. The summed E-state index contributed by atoms with van der Waals surface area (Å²) in [5, 5.41) is 8.20. The Bertz CT molecular complexity index is 866. The van der Waals surface area contributed by atoms with Gasteiger partial charge in [-0.1, -0.05) is 6.07 Å². The summed E-state index contributed by atoms with van der Waals surface area (Å²) in [4.78, 5) is 15.1. The van der Waals surface area contributed by atoms with Crippen LogP contribution in [0.1, 0.15) is 12.8 Å². The Labute approximate surface area is 165 Å². The molecule has 2 aromatic carbocycles. The molecule has 2 aromatic rings. The Morgan fingerprint density at radius 2 is 2.11 bits per heavy atom. The van der Waals surface area contributed by atoms with E-state index in [1.54, 1.807) is 24.3 Å². The van der Waals surface area contributed by atoms with E-state index in [-0.39, 0.29) is 12.3 Å². The van der Waals surface area contributed by atoms with Crippen molar-refractivity contribution in [2.75, 3.05) is 23.9 Å². The third-order valence-corrected chi connectivity index (χ3v) is 5.10. The lowest BCUT2D eigenvalue weighted by atomic mass is 9.96. The molecule has 1 heterocycles. The van der Waals surface area contributed by atoms with Crippen LogP contribution in [0.4, 0.5) is 24.5 Å². The minimum atomic E-state index is -2.97. The first-order valence-corrected chi connectivity index (χ1v) is 9.46. The van der Waals surface area contributed by atoms with E-state index in [1.165, 1.54) is 30.2 Å². The van der Waals surface area contributed by atoms with Gasteiger partial charge < -0.3 is 15.0 Å². The highest BCUT2D eigenvalue weighted by atomic mass is 32.2. The minimum Gasteiger partial charge on any atom is -0.494 e. The van der Waals surface area contributed by atoms with Gasteiger partial charge >= 0.3 is 0 Å². The highest BCUT2D eigenvalue weighted by Crippen LogP contribution is 2.39. The number of methoxy groups -OCH3 is 1. The molecule has 1 saturated heterocycles. The van der Waals surface area contributed by atoms with Crippen molar-refractivity contribution in [1.29, 1.82) is 0 Å². The number of carbonyl (C=O) groups excluding carboxylic acids is 1. The molecule has 1 amide bonds. The number of amides is 1. The molecular weight excluding hydrogens is 391 g/mol. The fourth-order valence-electron chi connectivity index (χ4n) is 3.22. The smallest absolute Gasteiger partial charge is 0.252 e. The molecule has 1 unspecified atom stereocenters. The van der Waals surface area contributed by atoms with Gasteiger partial charge in [-0.3, -0.25) is 9.93 Å². The number of benzene rings is 2. The Morgan fingerprint density at radius 3 is 2.82 bits per heavy atom. The Balaban J connectivity index is 1.90. The maximum Gasteiger partial charge on any atom is 0.252 e. The number of alkyl halides is 2. The average molecular weight is 411 g/mol. The minimum absolute atomic E-state index is 0.0637. The second-order valence-corrected chi connectivity index (χ2v) is 7.18. The maximum atomic E-state index is 14.1. The molecular formula is C19H20F3N3O2S. The molecule has 0 aromatic heterocycles. The van der Waals surface area contributed by atoms with Crippen LogP contribution in [0.2, 0.25) is 0 Å². The number of halogens is 3. The fourth-order valence-corrected chi connectivity index (χ4v) is 3.57. The zero-order valence-electron chi connectivity index (χ0n) is 15.1. The zero-order chi connectivity index (χ0) is 20.3. The summed E-state index contributed by atoms with van der Waals surface area (Å²) in [6.07, 6.45) is -1.05. The molecule has 1 aliphatic rings. The summed E-state index contributed by atoms with van der Waals surface area (Å²) in [5.74, 6) is -3.88. The molecule has 9 heteroatoms. The number of nitrogens with one attached hydrogen (secondary N) is 1. The summed E-state index contributed by atoms with van der Waals surface area (Å²) in [6.45, 7) is -0.0637. The molecule has 1 fully saturated rings. The van der Waals surface area contributed by atoms with Crippen molar-refractivity contribution >= 4 is 29.2 Å². The molecule has 1 atom stereocenters. The van der Waals surface area contributed by atoms with Crippen LogP contribution in [0.25, 0.3) is 0 Å². The first kappa shape index (κ1) is 20.3. The van der Waals surface area contributed by atoms with Gasteiger partial charge in [-0.25, -0.2) is 13.2 Å². The maximum absolute atomic E-state index is 14.1. The van der Waals surface area contributed by atoms with E-state index >= 15 is 0 Å². The van der Waals surface area contributed by atoms with Crippen molar-refractivity contribution in [3.63, 3.8) is 0 Å². The van der Waals surface area contributed by atoms with Gasteiger partial charge in [-0.2, -0.15) is 0 Å². The topological polar surface area (TPSA) is 67.6 Å². The standard InChI is InChI=1S/C19H20F3N3O2S/c1-27-17-9-12(20)5-6-15(17)25-8-7-19(21,22)11-16(25)18(26)24-13-3-2-4-14(10-13)28-23/h2-6,9-10,16H,7-8,11,23H2,1H3,(H,24,26). The van der Waals surface area contributed by atoms with Crippen molar-refractivity contribution in [3.8, 4) is 5.75 Å². The molecule has 0 saturated carbocycles. The van der Waals surface area contributed by atoms with E-state index in [9.17, 15) is 18.0 Å². The Hall–Kier alpha value is -2.39. The first-order chi connectivity index (χ1) is 13.3. The van der Waals surface area contributed by atoms with Crippen molar-refractivity contribution < 1.29 is 22.7 Å². The largest absolute Gasteiger partial charge is 0.494 e. The molecule has 1 aliphatic heterocycles. The number of piperidine rings is 1. The second-order valence-electron chi connectivity index (χ2n) is 6.47. The van der Waals surface area contributed by atoms with Crippen LogP contribution in [0, 0.1) is 5.82 Å². The summed E-state index contributed by atoms with van der Waals surface area (Å²) in [7, 11) is 1.36. The third-order valence-electron chi connectivity index (χ3n) is 4.58. The van der Waals surface area contributed by atoms with Crippen molar-refractivity contribution in [3.05, 3.63) is 48.3 Å². The number of nitrogens with two attached hydrogens (primary N) is 1. The van der Waals surface area contributed by atoms with Crippen LogP contribution >= 0.6 is 11.9 Å². The molecule has 0 radical (unpaired) electrons. The van der Waals surface area contributed by atoms with Crippen LogP contribution in [0.5, 0.6) is 5.75 Å². The quantitative estimate of drug-likeness (QED) is 0.727. The summed E-state index contributed by atoms with van der Waals surface area (Å²) < 4.78 is 46.9. The van der Waals surface area contributed by atoms with E-state index in [1.807, 2.05) is 0 Å². The zero-order valence-corrected chi connectivity index (χ0v) is 15.9. The molecule has 0 aliphatic carbocycles. The van der Waals surface area contributed by atoms with Gasteiger partial charge in [0.25, 0.3) is 5.92 Å². The van der Waals surface area contributed by atoms with Crippen LogP contribution in [0.3, 0.4) is 0 Å². The molecule has 0 spiro atoms. The van der Waals surface area contributed by atoms with Gasteiger partial charge in [0.2, 0.25) is 5.91 Å². The number of anilines is 2. The van der Waals surface area contributed by atoms with Gasteiger partial charge in [0.15, 0.2) is 0 Å². The monoisotopic (exact) mass is 411 g/mol. The van der Waals surface area contributed by atoms with E-state index in [2.05, 4.69) is 5.32 Å². The van der Waals surface area contributed by atoms with E-state index < -0.39 is 36.5 Å². The lowest BCUT2D eigenvalue weighted by Gasteiger charge is -2.40. The predicted molar refractivity (Wildman–Crippen MR) is 103 cm³/mol. The van der Waals surface area contributed by atoms with Gasteiger partial charge in [-0.05, 0) is 42.3 Å².